The van der Waals surface area contributed by atoms with Gasteiger partial charge in [0.2, 0.25) is 0 Å². The second-order valence-corrected chi connectivity index (χ2v) is 7.75. The zero-order valence-electron chi connectivity index (χ0n) is 15.2. The third kappa shape index (κ3) is 5.23. The van der Waals surface area contributed by atoms with Gasteiger partial charge in [0.25, 0.3) is 0 Å². The van der Waals surface area contributed by atoms with Crippen molar-refractivity contribution < 1.29 is 24.2 Å². The van der Waals surface area contributed by atoms with E-state index in [4.69, 9.17) is 15.2 Å². The van der Waals surface area contributed by atoms with Gasteiger partial charge in [0, 0.05) is 6.54 Å². The minimum atomic E-state index is -0.714. The van der Waals surface area contributed by atoms with Gasteiger partial charge in [-0.1, -0.05) is 6.07 Å². The maximum Gasteiger partial charge on any atom is 0.316 e. The summed E-state index contributed by atoms with van der Waals surface area (Å²) < 4.78 is 10.7. The Hall–Kier alpha value is -2.08. The van der Waals surface area contributed by atoms with Crippen molar-refractivity contribution in [2.24, 2.45) is 16.6 Å². The molecule has 0 fully saturated rings. The monoisotopic (exact) mass is 337 g/mol. The molecule has 0 heterocycles. The summed E-state index contributed by atoms with van der Waals surface area (Å²) in [4.78, 5) is 24.1. The number of carbonyl (C=O) groups is 2. The van der Waals surface area contributed by atoms with Gasteiger partial charge >= 0.3 is 11.9 Å². The highest BCUT2D eigenvalue weighted by Crippen LogP contribution is 2.32. The van der Waals surface area contributed by atoms with E-state index in [0.717, 1.165) is 0 Å². The molecular weight excluding hydrogens is 310 g/mol. The van der Waals surface area contributed by atoms with Gasteiger partial charge < -0.3 is 20.3 Å². The fourth-order valence-corrected chi connectivity index (χ4v) is 1.62. The summed E-state index contributed by atoms with van der Waals surface area (Å²) in [5.41, 5.74) is 4.88. The predicted octanol–water partition coefficient (Wildman–Crippen LogP) is 2.93. The number of phenolic OH excluding ortho intramolecular Hbond substituents is 1. The van der Waals surface area contributed by atoms with Crippen LogP contribution in [0.2, 0.25) is 0 Å². The molecule has 1 atom stereocenters. The maximum atomic E-state index is 12.1. The fraction of sp³-hybridized carbons (Fsp3) is 0.556. The van der Waals surface area contributed by atoms with Gasteiger partial charge in [-0.2, -0.15) is 0 Å². The lowest BCUT2D eigenvalue weighted by Crippen LogP contribution is -2.28. The minimum absolute atomic E-state index is 0.0117. The average molecular weight is 337 g/mol. The highest BCUT2D eigenvalue weighted by atomic mass is 16.5. The molecule has 0 aliphatic rings. The van der Waals surface area contributed by atoms with Gasteiger partial charge in [-0.05, 0) is 59.2 Å². The van der Waals surface area contributed by atoms with Gasteiger partial charge in [0.05, 0.1) is 10.8 Å². The number of benzene rings is 1. The quantitative estimate of drug-likeness (QED) is 0.647. The van der Waals surface area contributed by atoms with E-state index < -0.39 is 22.9 Å². The van der Waals surface area contributed by atoms with Gasteiger partial charge in [0.1, 0.15) is 6.10 Å². The molecule has 0 aliphatic heterocycles. The molecule has 3 N–H and O–H groups in total. The van der Waals surface area contributed by atoms with Crippen molar-refractivity contribution in [3.63, 3.8) is 0 Å². The van der Waals surface area contributed by atoms with Crippen LogP contribution in [-0.4, -0.2) is 23.6 Å². The van der Waals surface area contributed by atoms with Crippen molar-refractivity contribution in [1.29, 1.82) is 0 Å². The molecule has 0 spiro atoms. The number of phenols is 1. The zero-order valence-corrected chi connectivity index (χ0v) is 15.2. The Morgan fingerprint density at radius 1 is 1.08 bits per heavy atom. The highest BCUT2D eigenvalue weighted by molar-refractivity contribution is 5.78. The number of hydrogen-bond acceptors (Lipinski definition) is 6. The van der Waals surface area contributed by atoms with E-state index in [1.807, 2.05) is 0 Å². The second-order valence-electron chi connectivity index (χ2n) is 7.75. The van der Waals surface area contributed by atoms with Gasteiger partial charge in [-0.25, -0.2) is 0 Å². The lowest BCUT2D eigenvalue weighted by Gasteiger charge is -2.23. The Bertz CT molecular complexity index is 611. The molecule has 0 bridgehead atoms. The summed E-state index contributed by atoms with van der Waals surface area (Å²) in [5, 5.41) is 9.90. The number of nitrogens with two attached hydrogens (primary N) is 1. The van der Waals surface area contributed by atoms with Crippen LogP contribution in [0.25, 0.3) is 0 Å². The van der Waals surface area contributed by atoms with Crippen LogP contribution in [0.15, 0.2) is 18.2 Å². The first-order valence-corrected chi connectivity index (χ1v) is 7.82. The molecule has 0 radical (unpaired) electrons. The number of aromatic hydroxyl groups is 1. The van der Waals surface area contributed by atoms with E-state index >= 15 is 0 Å². The van der Waals surface area contributed by atoms with E-state index in [-0.39, 0.29) is 24.0 Å². The molecule has 1 unspecified atom stereocenters. The van der Waals surface area contributed by atoms with E-state index in [9.17, 15) is 14.7 Å². The van der Waals surface area contributed by atoms with Crippen molar-refractivity contribution in [3.05, 3.63) is 23.8 Å². The van der Waals surface area contributed by atoms with Crippen LogP contribution < -0.4 is 10.5 Å². The maximum absolute atomic E-state index is 12.1. The van der Waals surface area contributed by atoms with Crippen molar-refractivity contribution in [2.75, 3.05) is 6.54 Å². The zero-order chi connectivity index (χ0) is 18.7. The fourth-order valence-electron chi connectivity index (χ4n) is 1.62. The molecule has 6 heteroatoms. The molecule has 0 aliphatic carbocycles. The highest BCUT2D eigenvalue weighted by Gasteiger charge is 2.28. The molecule has 24 heavy (non-hydrogen) atoms. The predicted molar refractivity (Wildman–Crippen MR) is 90.5 cm³/mol. The lowest BCUT2D eigenvalue weighted by molar-refractivity contribution is -0.158. The van der Waals surface area contributed by atoms with Crippen LogP contribution in [0.3, 0.4) is 0 Å². The number of hydrogen-bond donors (Lipinski definition) is 2. The Labute approximate surface area is 142 Å². The molecule has 1 aromatic carbocycles. The normalized spacial score (nSPS) is 13.3. The van der Waals surface area contributed by atoms with Crippen LogP contribution in [0.4, 0.5) is 0 Å². The third-order valence-corrected chi connectivity index (χ3v) is 3.25. The molecule has 1 rings (SSSR count). The summed E-state index contributed by atoms with van der Waals surface area (Å²) in [6.45, 7) is 10.4. The summed E-state index contributed by atoms with van der Waals surface area (Å²) in [6, 6.07) is 4.43. The third-order valence-electron chi connectivity index (χ3n) is 3.25. The summed E-state index contributed by atoms with van der Waals surface area (Å²) in [6.07, 6.45) is -0.690. The van der Waals surface area contributed by atoms with Gasteiger partial charge in [0.15, 0.2) is 11.5 Å². The Kier molecular flexibility index (Phi) is 6.00. The summed E-state index contributed by atoms with van der Waals surface area (Å²) >= 11 is 0. The Morgan fingerprint density at radius 2 is 1.62 bits per heavy atom. The molecule has 1 aromatic rings. The van der Waals surface area contributed by atoms with Crippen LogP contribution in [-0.2, 0) is 14.3 Å². The number of rotatable bonds is 4. The largest absolute Gasteiger partial charge is 0.504 e. The topological polar surface area (TPSA) is 98.9 Å². The number of carbonyl (C=O) groups excluding carboxylic acids is 2. The van der Waals surface area contributed by atoms with Crippen molar-refractivity contribution in [1.82, 2.24) is 0 Å². The molecular formula is C18H27NO5. The molecule has 6 nitrogen and oxygen atoms in total. The van der Waals surface area contributed by atoms with Crippen LogP contribution >= 0.6 is 0 Å². The summed E-state index contributed by atoms with van der Waals surface area (Å²) in [5.74, 6) is -1.03. The first-order valence-electron chi connectivity index (χ1n) is 7.82. The van der Waals surface area contributed by atoms with E-state index in [1.165, 1.54) is 12.1 Å². The number of esters is 2. The average Bonchev–Trinajstić information content (AvgIpc) is 2.44. The summed E-state index contributed by atoms with van der Waals surface area (Å²) in [7, 11) is 0. The standard InChI is InChI=1S/C18H27NO5/c1-17(2,3)15(21)23-13-9-11(7-8-12(13)20)14(10-19)24-16(22)18(4,5)6/h7-9,14,20H,10,19H2,1-6H3. The van der Waals surface area contributed by atoms with Crippen LogP contribution in [0.5, 0.6) is 11.5 Å². The minimum Gasteiger partial charge on any atom is -0.504 e. The smallest absolute Gasteiger partial charge is 0.316 e. The SMILES string of the molecule is CC(C)(C)C(=O)Oc1cc(C(CN)OC(=O)C(C)(C)C)ccc1O. The molecule has 134 valence electrons. The number of ether oxygens (including phenoxy) is 2. The molecule has 0 saturated heterocycles. The Balaban J connectivity index is 3.05. The Morgan fingerprint density at radius 3 is 2.08 bits per heavy atom. The first-order chi connectivity index (χ1) is 10.9. The van der Waals surface area contributed by atoms with Crippen LogP contribution in [0.1, 0.15) is 53.2 Å². The van der Waals surface area contributed by atoms with Crippen LogP contribution in [0, 0.1) is 10.8 Å². The van der Waals surface area contributed by atoms with Crippen molar-refractivity contribution in [2.45, 2.75) is 47.6 Å². The molecule has 0 aromatic heterocycles. The van der Waals surface area contributed by atoms with Crippen molar-refractivity contribution in [3.8, 4) is 11.5 Å². The van der Waals surface area contributed by atoms with E-state index in [1.54, 1.807) is 47.6 Å². The van der Waals surface area contributed by atoms with Crippen molar-refractivity contribution >= 4 is 11.9 Å². The van der Waals surface area contributed by atoms with Gasteiger partial charge in [-0.15, -0.1) is 0 Å². The molecule has 0 amide bonds. The second kappa shape index (κ2) is 7.21. The molecule has 0 saturated carbocycles. The van der Waals surface area contributed by atoms with E-state index in [0.29, 0.717) is 5.56 Å². The van der Waals surface area contributed by atoms with Gasteiger partial charge in [-0.3, -0.25) is 9.59 Å². The van der Waals surface area contributed by atoms with E-state index in [2.05, 4.69) is 0 Å². The lowest BCUT2D eigenvalue weighted by atomic mass is 9.97. The first kappa shape index (κ1) is 20.0.